The molecule has 0 aliphatic heterocycles. The molecule has 0 heterocycles. The Morgan fingerprint density at radius 1 is 1.28 bits per heavy atom. The second-order valence-electron chi connectivity index (χ2n) is 5.34. The van der Waals surface area contributed by atoms with Crippen molar-refractivity contribution < 1.29 is 4.39 Å². The van der Waals surface area contributed by atoms with Crippen LogP contribution in [0.5, 0.6) is 0 Å². The molecule has 2 nitrogen and oxygen atoms in total. The van der Waals surface area contributed by atoms with Gasteiger partial charge in [-0.3, -0.25) is 4.90 Å². The highest BCUT2D eigenvalue weighted by Crippen LogP contribution is 2.23. The van der Waals surface area contributed by atoms with Gasteiger partial charge in [-0.15, -0.1) is 0 Å². The predicted octanol–water partition coefficient (Wildman–Crippen LogP) is 3.05. The molecule has 1 aromatic rings. The van der Waals surface area contributed by atoms with Gasteiger partial charge in [0.2, 0.25) is 0 Å². The number of hydrogen-bond acceptors (Lipinski definition) is 2. The van der Waals surface area contributed by atoms with Crippen LogP contribution in [0.4, 0.5) is 4.39 Å². The Hall–Kier alpha value is -0.930. The van der Waals surface area contributed by atoms with E-state index in [0.29, 0.717) is 19.1 Å². The van der Waals surface area contributed by atoms with E-state index in [1.807, 2.05) is 12.1 Å². The third kappa shape index (κ3) is 3.30. The lowest BCUT2D eigenvalue weighted by Crippen LogP contribution is -2.33. The summed E-state index contributed by atoms with van der Waals surface area (Å²) in [4.78, 5) is 2.29. The molecular formula is C15H23FN2. The monoisotopic (exact) mass is 250 g/mol. The number of hydrogen-bond donors (Lipinski definition) is 1. The van der Waals surface area contributed by atoms with Gasteiger partial charge in [0, 0.05) is 24.7 Å². The quantitative estimate of drug-likeness (QED) is 0.890. The summed E-state index contributed by atoms with van der Waals surface area (Å²) < 4.78 is 13.9. The molecular weight excluding hydrogens is 227 g/mol. The van der Waals surface area contributed by atoms with Crippen LogP contribution in [-0.2, 0) is 13.1 Å². The third-order valence-corrected chi connectivity index (χ3v) is 3.97. The summed E-state index contributed by atoms with van der Waals surface area (Å²) in [6, 6.07) is 5.97. The first-order chi connectivity index (χ1) is 8.70. The third-order valence-electron chi connectivity index (χ3n) is 3.97. The minimum absolute atomic E-state index is 0.124. The van der Waals surface area contributed by atoms with Crippen molar-refractivity contribution >= 4 is 0 Å². The van der Waals surface area contributed by atoms with Crippen molar-refractivity contribution in [1.82, 2.24) is 4.90 Å². The molecule has 0 spiro atoms. The molecule has 2 rings (SSSR count). The van der Waals surface area contributed by atoms with E-state index < -0.39 is 0 Å². The molecule has 1 aromatic carbocycles. The highest BCUT2D eigenvalue weighted by Gasteiger charge is 2.18. The molecule has 100 valence electrons. The van der Waals surface area contributed by atoms with Crippen molar-refractivity contribution in [1.29, 1.82) is 0 Å². The maximum atomic E-state index is 13.9. The highest BCUT2D eigenvalue weighted by atomic mass is 19.1. The average Bonchev–Trinajstić information content (AvgIpc) is 2.42. The summed E-state index contributed by atoms with van der Waals surface area (Å²) in [6.07, 6.45) is 6.47. The van der Waals surface area contributed by atoms with Crippen molar-refractivity contribution in [3.8, 4) is 0 Å². The summed E-state index contributed by atoms with van der Waals surface area (Å²) in [5.41, 5.74) is 7.15. The number of rotatable bonds is 4. The van der Waals surface area contributed by atoms with Gasteiger partial charge in [0.1, 0.15) is 5.82 Å². The fraction of sp³-hybridized carbons (Fsp3) is 0.600. The smallest absolute Gasteiger partial charge is 0.128 e. The van der Waals surface area contributed by atoms with Crippen LogP contribution < -0.4 is 5.73 Å². The van der Waals surface area contributed by atoms with Crippen molar-refractivity contribution in [3.05, 3.63) is 35.1 Å². The summed E-state index contributed by atoms with van der Waals surface area (Å²) in [7, 11) is 2.10. The van der Waals surface area contributed by atoms with Crippen LogP contribution in [0.1, 0.15) is 43.2 Å². The zero-order chi connectivity index (χ0) is 13.0. The fourth-order valence-electron chi connectivity index (χ4n) is 2.77. The van der Waals surface area contributed by atoms with E-state index in [2.05, 4.69) is 11.9 Å². The van der Waals surface area contributed by atoms with Gasteiger partial charge in [-0.05, 0) is 31.5 Å². The zero-order valence-corrected chi connectivity index (χ0v) is 11.2. The van der Waals surface area contributed by atoms with E-state index in [-0.39, 0.29) is 5.82 Å². The summed E-state index contributed by atoms with van der Waals surface area (Å²) in [6.45, 7) is 1.09. The molecule has 3 heteroatoms. The molecule has 1 aliphatic rings. The molecule has 1 aliphatic carbocycles. The van der Waals surface area contributed by atoms with Crippen LogP contribution in [0.25, 0.3) is 0 Å². The van der Waals surface area contributed by atoms with Crippen molar-refractivity contribution in [2.45, 2.75) is 51.2 Å². The van der Waals surface area contributed by atoms with Gasteiger partial charge in [0.05, 0.1) is 0 Å². The lowest BCUT2D eigenvalue weighted by atomic mass is 9.94. The van der Waals surface area contributed by atoms with E-state index in [1.165, 1.54) is 32.1 Å². The Morgan fingerprint density at radius 2 is 2.00 bits per heavy atom. The lowest BCUT2D eigenvalue weighted by Gasteiger charge is -2.31. The van der Waals surface area contributed by atoms with Gasteiger partial charge in [0.25, 0.3) is 0 Å². The molecule has 1 saturated carbocycles. The Balaban J connectivity index is 1.99. The number of nitrogens with zero attached hydrogens (tertiary/aromatic N) is 1. The fourth-order valence-corrected chi connectivity index (χ4v) is 2.77. The molecule has 0 amide bonds. The van der Waals surface area contributed by atoms with Crippen molar-refractivity contribution in [3.63, 3.8) is 0 Å². The Bertz CT molecular complexity index is 386. The van der Waals surface area contributed by atoms with Crippen LogP contribution in [0, 0.1) is 5.82 Å². The summed E-state index contributed by atoms with van der Waals surface area (Å²) in [5, 5.41) is 0. The molecule has 1 fully saturated rings. The first-order valence-corrected chi connectivity index (χ1v) is 6.88. The lowest BCUT2D eigenvalue weighted by molar-refractivity contribution is 0.182. The molecule has 0 radical (unpaired) electrons. The second kappa shape index (κ2) is 6.30. The number of nitrogens with two attached hydrogens (primary N) is 1. The van der Waals surface area contributed by atoms with Gasteiger partial charge in [-0.1, -0.05) is 31.4 Å². The van der Waals surface area contributed by atoms with E-state index in [1.54, 1.807) is 6.07 Å². The topological polar surface area (TPSA) is 29.3 Å². The largest absolute Gasteiger partial charge is 0.326 e. The molecule has 0 atom stereocenters. The molecule has 0 saturated heterocycles. The Morgan fingerprint density at radius 3 is 2.61 bits per heavy atom. The molecule has 2 N–H and O–H groups in total. The average molecular weight is 250 g/mol. The normalized spacial score (nSPS) is 17.3. The first kappa shape index (κ1) is 13.5. The van der Waals surface area contributed by atoms with Crippen LogP contribution in [0.2, 0.25) is 0 Å². The summed E-state index contributed by atoms with van der Waals surface area (Å²) >= 11 is 0. The van der Waals surface area contributed by atoms with Gasteiger partial charge < -0.3 is 5.73 Å². The summed E-state index contributed by atoms with van der Waals surface area (Å²) in [5.74, 6) is -0.124. The van der Waals surface area contributed by atoms with Gasteiger partial charge in [-0.2, -0.15) is 0 Å². The van der Waals surface area contributed by atoms with Crippen LogP contribution in [0.15, 0.2) is 18.2 Å². The van der Waals surface area contributed by atoms with E-state index >= 15 is 0 Å². The van der Waals surface area contributed by atoms with E-state index in [9.17, 15) is 4.39 Å². The number of benzene rings is 1. The zero-order valence-electron chi connectivity index (χ0n) is 11.2. The first-order valence-electron chi connectivity index (χ1n) is 6.88. The second-order valence-corrected chi connectivity index (χ2v) is 5.34. The molecule has 0 bridgehead atoms. The van der Waals surface area contributed by atoms with Crippen molar-refractivity contribution in [2.24, 2.45) is 5.73 Å². The SMILES string of the molecule is CN(Cc1ccc(CN)cc1F)C1CCCCC1. The van der Waals surface area contributed by atoms with Gasteiger partial charge >= 0.3 is 0 Å². The standard InChI is InChI=1S/C15H23FN2/c1-18(14-5-3-2-4-6-14)11-13-8-7-12(10-17)9-15(13)16/h7-9,14H,2-6,10-11,17H2,1H3. The van der Waals surface area contributed by atoms with E-state index in [0.717, 1.165) is 11.1 Å². The minimum atomic E-state index is -0.124. The predicted molar refractivity (Wildman–Crippen MR) is 72.6 cm³/mol. The molecule has 0 aromatic heterocycles. The maximum absolute atomic E-state index is 13.9. The van der Waals surface area contributed by atoms with Crippen LogP contribution in [0.3, 0.4) is 0 Å². The highest BCUT2D eigenvalue weighted by molar-refractivity contribution is 5.24. The van der Waals surface area contributed by atoms with Crippen LogP contribution >= 0.6 is 0 Å². The Labute approximate surface area is 109 Å². The molecule has 18 heavy (non-hydrogen) atoms. The van der Waals surface area contributed by atoms with Crippen molar-refractivity contribution in [2.75, 3.05) is 7.05 Å². The van der Waals surface area contributed by atoms with Crippen LogP contribution in [-0.4, -0.2) is 18.0 Å². The Kier molecular flexibility index (Phi) is 4.72. The molecule has 0 unspecified atom stereocenters. The maximum Gasteiger partial charge on any atom is 0.128 e. The minimum Gasteiger partial charge on any atom is -0.326 e. The number of halogens is 1. The van der Waals surface area contributed by atoms with Gasteiger partial charge in [-0.25, -0.2) is 4.39 Å². The van der Waals surface area contributed by atoms with Gasteiger partial charge in [0.15, 0.2) is 0 Å². The van der Waals surface area contributed by atoms with E-state index in [4.69, 9.17) is 5.73 Å².